The molecule has 8 heteroatoms. The topological polar surface area (TPSA) is 114 Å². The molecular formula is C19H28N4O4. The Morgan fingerprint density at radius 3 is 2.52 bits per heavy atom. The molecular weight excluding hydrogens is 348 g/mol. The van der Waals surface area contributed by atoms with Gasteiger partial charge in [-0.15, -0.1) is 0 Å². The van der Waals surface area contributed by atoms with Crippen LogP contribution in [0.3, 0.4) is 0 Å². The number of ether oxygens (including phenoxy) is 1. The van der Waals surface area contributed by atoms with E-state index in [4.69, 9.17) is 10.6 Å². The number of rotatable bonds is 5. The first-order valence-corrected chi connectivity index (χ1v) is 9.05. The number of likely N-dealkylation sites (tertiary alicyclic amines) is 1. The lowest BCUT2D eigenvalue weighted by molar-refractivity contribution is -0.131. The van der Waals surface area contributed by atoms with Crippen LogP contribution in [-0.4, -0.2) is 47.0 Å². The van der Waals surface area contributed by atoms with Crippen LogP contribution in [0.1, 0.15) is 39.2 Å². The number of carbonyl (C=O) groups is 3. The zero-order valence-electron chi connectivity index (χ0n) is 16.0. The summed E-state index contributed by atoms with van der Waals surface area (Å²) < 4.78 is 5.38. The number of nitrogens with zero attached hydrogens (tertiary/aromatic N) is 1. The molecule has 1 aromatic carbocycles. The number of nitrogens with one attached hydrogen (secondary N) is 2. The van der Waals surface area contributed by atoms with Gasteiger partial charge < -0.3 is 10.1 Å². The SMILES string of the molecule is CC(C)(C)OC(=O)N1CCC[C@H]1C(=O)N[C@H](Cc1ccccc1)C(=O)NN. The van der Waals surface area contributed by atoms with Crippen molar-refractivity contribution in [2.45, 2.75) is 57.7 Å². The van der Waals surface area contributed by atoms with E-state index in [1.54, 1.807) is 20.8 Å². The van der Waals surface area contributed by atoms with Crippen molar-refractivity contribution in [1.82, 2.24) is 15.6 Å². The molecule has 2 atom stereocenters. The van der Waals surface area contributed by atoms with Gasteiger partial charge in [-0.25, -0.2) is 10.6 Å². The number of carbonyl (C=O) groups excluding carboxylic acids is 3. The third-order valence-electron chi connectivity index (χ3n) is 4.24. The molecule has 4 N–H and O–H groups in total. The minimum atomic E-state index is -0.828. The normalized spacial score (nSPS) is 17.9. The van der Waals surface area contributed by atoms with Gasteiger partial charge in [0.2, 0.25) is 5.91 Å². The molecule has 3 amide bonds. The Morgan fingerprint density at radius 2 is 1.93 bits per heavy atom. The van der Waals surface area contributed by atoms with Gasteiger partial charge in [0.15, 0.2) is 0 Å². The van der Waals surface area contributed by atoms with Crippen LogP contribution >= 0.6 is 0 Å². The zero-order valence-corrected chi connectivity index (χ0v) is 16.0. The van der Waals surface area contributed by atoms with Gasteiger partial charge in [0.25, 0.3) is 5.91 Å². The fourth-order valence-electron chi connectivity index (χ4n) is 3.01. The van der Waals surface area contributed by atoms with E-state index in [1.807, 2.05) is 30.3 Å². The highest BCUT2D eigenvalue weighted by atomic mass is 16.6. The summed E-state index contributed by atoms with van der Waals surface area (Å²) >= 11 is 0. The summed E-state index contributed by atoms with van der Waals surface area (Å²) in [5.74, 6) is 4.39. The minimum Gasteiger partial charge on any atom is -0.444 e. The quantitative estimate of drug-likeness (QED) is 0.405. The predicted molar refractivity (Wildman–Crippen MR) is 100 cm³/mol. The van der Waals surface area contributed by atoms with Crippen LogP contribution in [0.2, 0.25) is 0 Å². The van der Waals surface area contributed by atoms with Gasteiger partial charge >= 0.3 is 6.09 Å². The Morgan fingerprint density at radius 1 is 1.26 bits per heavy atom. The Bertz CT molecular complexity index is 672. The maximum Gasteiger partial charge on any atom is 0.410 e. The molecule has 148 valence electrons. The summed E-state index contributed by atoms with van der Waals surface area (Å²) in [4.78, 5) is 38.7. The average molecular weight is 376 g/mol. The lowest BCUT2D eigenvalue weighted by Gasteiger charge is -2.29. The molecule has 1 aliphatic heterocycles. The zero-order chi connectivity index (χ0) is 20.0. The highest BCUT2D eigenvalue weighted by molar-refractivity contribution is 5.91. The number of hydrogen-bond donors (Lipinski definition) is 3. The summed E-state index contributed by atoms with van der Waals surface area (Å²) in [5.41, 5.74) is 2.34. The van der Waals surface area contributed by atoms with Crippen LogP contribution in [0.5, 0.6) is 0 Å². The van der Waals surface area contributed by atoms with Gasteiger partial charge in [-0.2, -0.15) is 0 Å². The van der Waals surface area contributed by atoms with E-state index in [0.29, 0.717) is 25.8 Å². The third kappa shape index (κ3) is 5.96. The number of hydrogen-bond acceptors (Lipinski definition) is 5. The molecule has 8 nitrogen and oxygen atoms in total. The van der Waals surface area contributed by atoms with E-state index in [2.05, 4.69) is 10.7 Å². The molecule has 0 bridgehead atoms. The first-order valence-electron chi connectivity index (χ1n) is 9.05. The molecule has 0 radical (unpaired) electrons. The molecule has 1 fully saturated rings. The standard InChI is InChI=1S/C19H28N4O4/c1-19(2,3)27-18(26)23-11-7-10-15(23)17(25)21-14(16(24)22-20)12-13-8-5-4-6-9-13/h4-6,8-9,14-15H,7,10-12,20H2,1-3H3,(H,21,25)(H,22,24)/t14-,15+/m1/s1. The van der Waals surface area contributed by atoms with E-state index in [-0.39, 0.29) is 5.91 Å². The van der Waals surface area contributed by atoms with E-state index < -0.39 is 29.7 Å². The Kier molecular flexibility index (Phi) is 6.79. The summed E-state index contributed by atoms with van der Waals surface area (Å²) in [6.07, 6.45) is 0.995. The van der Waals surface area contributed by atoms with Gasteiger partial charge in [0.1, 0.15) is 17.7 Å². The van der Waals surface area contributed by atoms with Crippen molar-refractivity contribution in [1.29, 1.82) is 0 Å². The second-order valence-corrected chi connectivity index (χ2v) is 7.59. The molecule has 27 heavy (non-hydrogen) atoms. The van der Waals surface area contributed by atoms with Gasteiger partial charge in [-0.3, -0.25) is 19.9 Å². The van der Waals surface area contributed by atoms with Crippen LogP contribution < -0.4 is 16.6 Å². The number of nitrogens with two attached hydrogens (primary N) is 1. The van der Waals surface area contributed by atoms with Gasteiger partial charge in [0.05, 0.1) is 0 Å². The maximum atomic E-state index is 12.8. The Hall–Kier alpha value is -2.61. The molecule has 0 aliphatic carbocycles. The van der Waals surface area contributed by atoms with E-state index in [0.717, 1.165) is 5.56 Å². The highest BCUT2D eigenvalue weighted by Gasteiger charge is 2.37. The lowest BCUT2D eigenvalue weighted by atomic mass is 10.0. The number of benzene rings is 1. The van der Waals surface area contributed by atoms with Crippen molar-refractivity contribution >= 4 is 17.9 Å². The van der Waals surface area contributed by atoms with Crippen molar-refractivity contribution in [2.75, 3.05) is 6.54 Å². The Balaban J connectivity index is 2.06. The molecule has 1 heterocycles. The number of hydrazine groups is 1. The molecule has 0 unspecified atom stereocenters. The summed E-state index contributed by atoms with van der Waals surface area (Å²) in [5, 5.41) is 2.73. The minimum absolute atomic E-state index is 0.300. The predicted octanol–water partition coefficient (Wildman–Crippen LogP) is 1.10. The van der Waals surface area contributed by atoms with Gasteiger partial charge in [0, 0.05) is 13.0 Å². The molecule has 0 saturated carbocycles. The molecule has 1 aromatic rings. The molecule has 2 rings (SSSR count). The Labute approximate surface area is 159 Å². The monoisotopic (exact) mass is 376 g/mol. The van der Waals surface area contributed by atoms with Crippen LogP contribution in [0, 0.1) is 0 Å². The molecule has 1 aliphatic rings. The molecule has 0 aromatic heterocycles. The highest BCUT2D eigenvalue weighted by Crippen LogP contribution is 2.21. The van der Waals surface area contributed by atoms with Crippen LogP contribution in [0.25, 0.3) is 0 Å². The second-order valence-electron chi connectivity index (χ2n) is 7.59. The van der Waals surface area contributed by atoms with E-state index in [1.165, 1.54) is 4.90 Å². The first kappa shape index (κ1) is 20.7. The van der Waals surface area contributed by atoms with E-state index in [9.17, 15) is 14.4 Å². The number of amides is 3. The summed E-state index contributed by atoms with van der Waals surface area (Å²) in [7, 11) is 0. The summed E-state index contributed by atoms with van der Waals surface area (Å²) in [6.45, 7) is 5.77. The van der Waals surface area contributed by atoms with Gasteiger partial charge in [-0.05, 0) is 39.2 Å². The summed E-state index contributed by atoms with van der Waals surface area (Å²) in [6, 6.07) is 7.83. The largest absolute Gasteiger partial charge is 0.444 e. The lowest BCUT2D eigenvalue weighted by Crippen LogP contribution is -2.55. The van der Waals surface area contributed by atoms with E-state index >= 15 is 0 Å². The molecule has 0 spiro atoms. The fraction of sp³-hybridized carbons (Fsp3) is 0.526. The van der Waals surface area contributed by atoms with Crippen molar-refractivity contribution < 1.29 is 19.1 Å². The van der Waals surface area contributed by atoms with Crippen molar-refractivity contribution in [3.63, 3.8) is 0 Å². The smallest absolute Gasteiger partial charge is 0.410 e. The van der Waals surface area contributed by atoms with Crippen LogP contribution in [0.4, 0.5) is 4.79 Å². The third-order valence-corrected chi connectivity index (χ3v) is 4.24. The first-order chi connectivity index (χ1) is 12.7. The average Bonchev–Trinajstić information content (AvgIpc) is 3.10. The van der Waals surface area contributed by atoms with Crippen molar-refractivity contribution in [3.05, 3.63) is 35.9 Å². The fourth-order valence-corrected chi connectivity index (χ4v) is 3.01. The van der Waals surface area contributed by atoms with Gasteiger partial charge in [-0.1, -0.05) is 30.3 Å². The molecule has 1 saturated heterocycles. The van der Waals surface area contributed by atoms with Crippen LogP contribution in [0.15, 0.2) is 30.3 Å². The van der Waals surface area contributed by atoms with Crippen LogP contribution in [-0.2, 0) is 20.7 Å². The maximum absolute atomic E-state index is 12.8. The van der Waals surface area contributed by atoms with Crippen molar-refractivity contribution in [3.8, 4) is 0 Å². The van der Waals surface area contributed by atoms with Crippen molar-refractivity contribution in [2.24, 2.45) is 5.84 Å². The second kappa shape index (κ2) is 8.85.